The third kappa shape index (κ3) is 4.16. The van der Waals surface area contributed by atoms with Gasteiger partial charge in [-0.2, -0.15) is 0 Å². The van der Waals surface area contributed by atoms with Crippen LogP contribution in [-0.2, 0) is 4.79 Å². The minimum Gasteiger partial charge on any atom is -0.495 e. The number of amides is 1. The normalized spacial score (nSPS) is 12.2. The van der Waals surface area contributed by atoms with Gasteiger partial charge in [0.25, 0.3) is 11.5 Å². The zero-order valence-electron chi connectivity index (χ0n) is 17.0. The number of aromatic nitrogens is 2. The topological polar surface area (TPSA) is 64.4 Å². The SMILES string of the molecule is CCCN(C(=O)C(Cl)Cl)C(C)c1nc2ccccc2c(=O)n1-c1ccccc1OC. The molecule has 1 unspecified atom stereocenters. The smallest absolute Gasteiger partial charge is 0.266 e. The number of hydrogen-bond donors (Lipinski definition) is 0. The molecule has 0 N–H and O–H groups in total. The van der Waals surface area contributed by atoms with Crippen molar-refractivity contribution in [2.45, 2.75) is 31.1 Å². The van der Waals surface area contributed by atoms with Crippen molar-refractivity contribution in [2.75, 3.05) is 13.7 Å². The molecule has 158 valence electrons. The van der Waals surface area contributed by atoms with Crippen LogP contribution >= 0.6 is 23.2 Å². The van der Waals surface area contributed by atoms with E-state index in [1.807, 2.05) is 32.0 Å². The molecule has 0 fully saturated rings. The average molecular weight is 448 g/mol. The summed E-state index contributed by atoms with van der Waals surface area (Å²) in [5.41, 5.74) is 0.846. The molecular weight excluding hydrogens is 425 g/mol. The van der Waals surface area contributed by atoms with Gasteiger partial charge < -0.3 is 9.64 Å². The van der Waals surface area contributed by atoms with E-state index < -0.39 is 16.8 Å². The summed E-state index contributed by atoms with van der Waals surface area (Å²) in [6.45, 7) is 4.18. The first-order valence-electron chi connectivity index (χ1n) is 9.64. The van der Waals surface area contributed by atoms with Gasteiger partial charge in [-0.25, -0.2) is 4.98 Å². The Balaban J connectivity index is 2.32. The molecule has 3 rings (SSSR count). The Kier molecular flexibility index (Phi) is 7.00. The number of rotatable bonds is 7. The molecule has 1 amide bonds. The molecule has 1 heterocycles. The number of carbonyl (C=O) groups is 1. The molecule has 0 aliphatic carbocycles. The molecule has 30 heavy (non-hydrogen) atoms. The monoisotopic (exact) mass is 447 g/mol. The van der Waals surface area contributed by atoms with Crippen molar-refractivity contribution in [3.8, 4) is 11.4 Å². The van der Waals surface area contributed by atoms with Crippen LogP contribution in [0.2, 0.25) is 0 Å². The molecule has 0 bridgehead atoms. The molecule has 0 saturated carbocycles. The predicted octanol–water partition coefficient (Wildman–Crippen LogP) is 4.50. The minimum absolute atomic E-state index is 0.246. The van der Waals surface area contributed by atoms with Crippen LogP contribution in [0, 0.1) is 0 Å². The molecule has 0 aliphatic rings. The Morgan fingerprint density at radius 2 is 1.83 bits per heavy atom. The molecule has 1 aromatic heterocycles. The summed E-state index contributed by atoms with van der Waals surface area (Å²) in [4.78, 5) is 31.3. The van der Waals surface area contributed by atoms with Crippen molar-refractivity contribution < 1.29 is 9.53 Å². The Morgan fingerprint density at radius 3 is 2.50 bits per heavy atom. The van der Waals surface area contributed by atoms with Crippen LogP contribution in [0.4, 0.5) is 0 Å². The van der Waals surface area contributed by atoms with Crippen LogP contribution in [0.5, 0.6) is 5.75 Å². The van der Waals surface area contributed by atoms with E-state index in [2.05, 4.69) is 0 Å². The van der Waals surface area contributed by atoms with Gasteiger partial charge in [-0.15, -0.1) is 0 Å². The third-order valence-electron chi connectivity index (χ3n) is 4.90. The first-order chi connectivity index (χ1) is 14.4. The fourth-order valence-corrected chi connectivity index (χ4v) is 3.73. The maximum atomic E-state index is 13.5. The largest absolute Gasteiger partial charge is 0.495 e. The van der Waals surface area contributed by atoms with E-state index in [9.17, 15) is 9.59 Å². The highest BCUT2D eigenvalue weighted by molar-refractivity contribution is 6.53. The lowest BCUT2D eigenvalue weighted by Crippen LogP contribution is -2.40. The summed E-state index contributed by atoms with van der Waals surface area (Å²) in [5.74, 6) is 0.492. The van der Waals surface area contributed by atoms with Gasteiger partial charge in [0.05, 0.1) is 29.7 Å². The van der Waals surface area contributed by atoms with Gasteiger partial charge in [-0.3, -0.25) is 14.2 Å². The number of ether oxygens (including phenoxy) is 1. The highest BCUT2D eigenvalue weighted by atomic mass is 35.5. The average Bonchev–Trinajstić information content (AvgIpc) is 2.76. The van der Waals surface area contributed by atoms with E-state index in [4.69, 9.17) is 32.9 Å². The highest BCUT2D eigenvalue weighted by Gasteiger charge is 2.29. The van der Waals surface area contributed by atoms with Crippen LogP contribution in [0.1, 0.15) is 32.1 Å². The minimum atomic E-state index is -1.20. The molecule has 0 radical (unpaired) electrons. The molecular formula is C22H23Cl2N3O3. The third-order valence-corrected chi connectivity index (χ3v) is 5.28. The number of nitrogens with zero attached hydrogens (tertiary/aromatic N) is 3. The molecule has 0 saturated heterocycles. The van der Waals surface area contributed by atoms with Gasteiger partial charge in [-0.05, 0) is 37.6 Å². The van der Waals surface area contributed by atoms with E-state index in [0.717, 1.165) is 0 Å². The number of alkyl halides is 2. The van der Waals surface area contributed by atoms with Crippen molar-refractivity contribution >= 4 is 40.0 Å². The van der Waals surface area contributed by atoms with E-state index in [0.29, 0.717) is 41.1 Å². The van der Waals surface area contributed by atoms with Crippen LogP contribution in [0.15, 0.2) is 53.3 Å². The van der Waals surface area contributed by atoms with Gasteiger partial charge in [0.15, 0.2) is 4.84 Å². The molecule has 1 atom stereocenters. The lowest BCUT2D eigenvalue weighted by molar-refractivity contribution is -0.131. The van der Waals surface area contributed by atoms with E-state index in [1.54, 1.807) is 42.3 Å². The number of halogens is 2. The summed E-state index contributed by atoms with van der Waals surface area (Å²) in [6, 6.07) is 13.8. The quantitative estimate of drug-likeness (QED) is 0.500. The Hall–Kier alpha value is -2.57. The lowest BCUT2D eigenvalue weighted by Gasteiger charge is -2.31. The van der Waals surface area contributed by atoms with Gasteiger partial charge >= 0.3 is 0 Å². The summed E-state index contributed by atoms with van der Waals surface area (Å²) in [6.07, 6.45) is 0.697. The maximum absolute atomic E-state index is 13.5. The fourth-order valence-electron chi connectivity index (χ4n) is 3.48. The summed E-state index contributed by atoms with van der Waals surface area (Å²) in [7, 11) is 1.54. The van der Waals surface area contributed by atoms with E-state index in [1.165, 1.54) is 4.57 Å². The summed E-state index contributed by atoms with van der Waals surface area (Å²) in [5, 5.41) is 0.472. The molecule has 0 spiro atoms. The van der Waals surface area contributed by atoms with Crippen molar-refractivity contribution in [1.29, 1.82) is 0 Å². The van der Waals surface area contributed by atoms with Crippen molar-refractivity contribution in [2.24, 2.45) is 0 Å². The van der Waals surface area contributed by atoms with E-state index >= 15 is 0 Å². The lowest BCUT2D eigenvalue weighted by atomic mass is 10.1. The number of methoxy groups -OCH3 is 1. The highest BCUT2D eigenvalue weighted by Crippen LogP contribution is 2.28. The zero-order chi connectivity index (χ0) is 21.8. The summed E-state index contributed by atoms with van der Waals surface area (Å²) < 4.78 is 6.98. The Morgan fingerprint density at radius 1 is 1.17 bits per heavy atom. The Labute approximate surface area is 185 Å². The second-order valence-electron chi connectivity index (χ2n) is 6.81. The Bertz CT molecular complexity index is 1110. The van der Waals surface area contributed by atoms with Crippen LogP contribution in [0.3, 0.4) is 0 Å². The fraction of sp³-hybridized carbons (Fsp3) is 0.318. The number of benzene rings is 2. The van der Waals surface area contributed by atoms with Gasteiger partial charge in [-0.1, -0.05) is 54.4 Å². The van der Waals surface area contributed by atoms with Crippen molar-refractivity contribution in [3.05, 3.63) is 64.7 Å². The first-order valence-corrected chi connectivity index (χ1v) is 10.5. The molecule has 0 aliphatic heterocycles. The second-order valence-corrected chi connectivity index (χ2v) is 7.90. The number of hydrogen-bond acceptors (Lipinski definition) is 4. The second kappa shape index (κ2) is 9.49. The zero-order valence-corrected chi connectivity index (χ0v) is 18.5. The van der Waals surface area contributed by atoms with Gasteiger partial charge in [0, 0.05) is 6.54 Å². The van der Waals surface area contributed by atoms with Crippen LogP contribution in [0.25, 0.3) is 16.6 Å². The van der Waals surface area contributed by atoms with E-state index in [-0.39, 0.29) is 5.56 Å². The van der Waals surface area contributed by atoms with Gasteiger partial charge in [0.2, 0.25) is 0 Å². The van der Waals surface area contributed by atoms with Crippen molar-refractivity contribution in [3.63, 3.8) is 0 Å². The molecule has 6 nitrogen and oxygen atoms in total. The maximum Gasteiger partial charge on any atom is 0.266 e. The number of fused-ring (bicyclic) bond motifs is 1. The summed E-state index contributed by atoms with van der Waals surface area (Å²) >= 11 is 11.8. The van der Waals surface area contributed by atoms with Gasteiger partial charge in [0.1, 0.15) is 11.6 Å². The van der Waals surface area contributed by atoms with Crippen LogP contribution in [-0.4, -0.2) is 38.8 Å². The molecule has 3 aromatic rings. The molecule has 2 aromatic carbocycles. The van der Waals surface area contributed by atoms with Crippen LogP contribution < -0.4 is 10.3 Å². The predicted molar refractivity (Wildman–Crippen MR) is 120 cm³/mol. The number of para-hydroxylation sites is 3. The first kappa shape index (κ1) is 22.1. The molecule has 8 heteroatoms. The standard InChI is InChI=1S/C22H23Cl2N3O3/c1-4-13-26(22(29)19(23)24)14(2)20-25-16-10-6-5-9-15(16)21(28)27(20)17-11-7-8-12-18(17)30-3/h5-12,14,19H,4,13H2,1-3H3. The van der Waals surface area contributed by atoms with Crippen molar-refractivity contribution in [1.82, 2.24) is 14.5 Å². The number of carbonyl (C=O) groups excluding carboxylic acids is 1.